The number of phenolic OH excluding ortho intramolecular Hbond substituents is 1. The number of hydrogen-bond donors (Lipinski definition) is 2. The van der Waals surface area contributed by atoms with E-state index < -0.39 is 0 Å². The average Bonchev–Trinajstić information content (AvgIpc) is 2.67. The van der Waals surface area contributed by atoms with Crippen molar-refractivity contribution in [3.8, 4) is 5.75 Å². The van der Waals surface area contributed by atoms with Gasteiger partial charge < -0.3 is 15.3 Å². The molecule has 3 rings (SSSR count). The summed E-state index contributed by atoms with van der Waals surface area (Å²) >= 11 is 0. The van der Waals surface area contributed by atoms with Crippen molar-refractivity contribution in [2.45, 2.75) is 77.6 Å². The Hall–Kier alpha value is -1.55. The standard InChI is InChI=1S/C24H38N2O2/c1-18-17-26(14-7-10-20-8-5-4-6-9-20)15-13-24(18,3)21-11-12-22(23(28)16-21)25-19(2)27/h11-12,16,18,20,28H,4-10,13-15,17H2,1-3H3,(H,25,27). The van der Waals surface area contributed by atoms with Gasteiger partial charge in [-0.25, -0.2) is 0 Å². The van der Waals surface area contributed by atoms with Crippen LogP contribution in [0.2, 0.25) is 0 Å². The minimum atomic E-state index is -0.163. The summed E-state index contributed by atoms with van der Waals surface area (Å²) in [5.74, 6) is 1.51. The minimum absolute atomic E-state index is 0.0616. The fourth-order valence-electron chi connectivity index (χ4n) is 5.21. The van der Waals surface area contributed by atoms with Crippen LogP contribution in [-0.4, -0.2) is 35.5 Å². The summed E-state index contributed by atoms with van der Waals surface area (Å²) in [5.41, 5.74) is 1.73. The lowest BCUT2D eigenvalue weighted by Crippen LogP contribution is -2.47. The predicted molar refractivity (Wildman–Crippen MR) is 116 cm³/mol. The van der Waals surface area contributed by atoms with Crippen LogP contribution in [0.1, 0.15) is 77.7 Å². The Morgan fingerprint density at radius 2 is 2.04 bits per heavy atom. The van der Waals surface area contributed by atoms with Crippen molar-refractivity contribution in [2.24, 2.45) is 11.8 Å². The van der Waals surface area contributed by atoms with Crippen LogP contribution in [0.5, 0.6) is 5.75 Å². The number of anilines is 1. The fraction of sp³-hybridized carbons (Fsp3) is 0.708. The average molecular weight is 387 g/mol. The zero-order valence-electron chi connectivity index (χ0n) is 18.0. The van der Waals surface area contributed by atoms with Gasteiger partial charge in [0.25, 0.3) is 0 Å². The first-order valence-electron chi connectivity index (χ1n) is 11.2. The van der Waals surface area contributed by atoms with E-state index in [0.717, 1.165) is 25.4 Å². The molecule has 1 aromatic carbocycles. The highest BCUT2D eigenvalue weighted by Gasteiger charge is 2.38. The number of carbonyl (C=O) groups excluding carboxylic acids is 1. The molecule has 4 heteroatoms. The number of phenols is 1. The maximum Gasteiger partial charge on any atom is 0.221 e. The Bertz CT molecular complexity index is 669. The molecule has 2 unspecified atom stereocenters. The molecule has 0 aromatic heterocycles. The van der Waals surface area contributed by atoms with Crippen molar-refractivity contribution in [3.63, 3.8) is 0 Å². The third-order valence-corrected chi connectivity index (χ3v) is 7.35. The third-order valence-electron chi connectivity index (χ3n) is 7.35. The van der Waals surface area contributed by atoms with Crippen LogP contribution in [0.15, 0.2) is 18.2 Å². The van der Waals surface area contributed by atoms with E-state index in [9.17, 15) is 9.90 Å². The molecule has 1 saturated carbocycles. The Balaban J connectivity index is 1.54. The third kappa shape index (κ3) is 5.08. The molecule has 156 valence electrons. The summed E-state index contributed by atoms with van der Waals surface area (Å²) in [7, 11) is 0. The van der Waals surface area contributed by atoms with Crippen molar-refractivity contribution in [1.29, 1.82) is 0 Å². The smallest absolute Gasteiger partial charge is 0.221 e. The van der Waals surface area contributed by atoms with Gasteiger partial charge in [-0.15, -0.1) is 0 Å². The van der Waals surface area contributed by atoms with Crippen molar-refractivity contribution in [2.75, 3.05) is 25.0 Å². The van der Waals surface area contributed by atoms with Gasteiger partial charge in [0.2, 0.25) is 5.91 Å². The van der Waals surface area contributed by atoms with Crippen molar-refractivity contribution >= 4 is 11.6 Å². The van der Waals surface area contributed by atoms with Gasteiger partial charge in [-0.05, 0) is 67.3 Å². The lowest BCUT2D eigenvalue weighted by molar-refractivity contribution is -0.114. The molecule has 1 saturated heterocycles. The number of rotatable bonds is 6. The number of piperidine rings is 1. The lowest BCUT2D eigenvalue weighted by Gasteiger charge is -2.45. The first-order valence-corrected chi connectivity index (χ1v) is 11.2. The number of aromatic hydroxyl groups is 1. The summed E-state index contributed by atoms with van der Waals surface area (Å²) in [5, 5.41) is 13.0. The predicted octanol–water partition coefficient (Wildman–Crippen LogP) is 5.31. The number of carbonyl (C=O) groups is 1. The van der Waals surface area contributed by atoms with E-state index in [4.69, 9.17) is 0 Å². The summed E-state index contributed by atoms with van der Waals surface area (Å²) in [6.45, 7) is 9.59. The molecule has 2 N–H and O–H groups in total. The molecule has 4 nitrogen and oxygen atoms in total. The monoisotopic (exact) mass is 386 g/mol. The quantitative estimate of drug-likeness (QED) is 0.651. The molecule has 0 bridgehead atoms. The van der Waals surface area contributed by atoms with E-state index in [2.05, 4.69) is 30.1 Å². The second-order valence-electron chi connectivity index (χ2n) is 9.43. The highest BCUT2D eigenvalue weighted by Crippen LogP contribution is 2.41. The number of nitrogens with one attached hydrogen (secondary N) is 1. The first kappa shape index (κ1) is 21.2. The Morgan fingerprint density at radius 1 is 1.29 bits per heavy atom. The molecular weight excluding hydrogens is 348 g/mol. The van der Waals surface area contributed by atoms with Crippen LogP contribution < -0.4 is 5.32 Å². The molecule has 1 heterocycles. The van der Waals surface area contributed by atoms with Gasteiger partial charge >= 0.3 is 0 Å². The molecule has 2 aliphatic rings. The highest BCUT2D eigenvalue weighted by molar-refractivity contribution is 5.90. The molecule has 1 aromatic rings. The van der Waals surface area contributed by atoms with Crippen molar-refractivity contribution in [1.82, 2.24) is 4.90 Å². The molecular formula is C24H38N2O2. The van der Waals surface area contributed by atoms with Crippen LogP contribution in [0.25, 0.3) is 0 Å². The van der Waals surface area contributed by atoms with Gasteiger partial charge in [-0.2, -0.15) is 0 Å². The first-order chi connectivity index (χ1) is 13.4. The number of amides is 1. The molecule has 2 fully saturated rings. The zero-order valence-corrected chi connectivity index (χ0v) is 18.0. The SMILES string of the molecule is CC(=O)Nc1ccc(C2(C)CCN(CCCC3CCCCC3)CC2C)cc1O. The largest absolute Gasteiger partial charge is 0.506 e. The van der Waals surface area contributed by atoms with Gasteiger partial charge in [-0.1, -0.05) is 52.0 Å². The number of hydrogen-bond acceptors (Lipinski definition) is 3. The zero-order chi connectivity index (χ0) is 20.1. The van der Waals surface area contributed by atoms with Crippen molar-refractivity contribution in [3.05, 3.63) is 23.8 Å². The molecule has 0 spiro atoms. The maximum atomic E-state index is 11.3. The molecule has 28 heavy (non-hydrogen) atoms. The topological polar surface area (TPSA) is 52.6 Å². The van der Waals surface area contributed by atoms with E-state index in [1.165, 1.54) is 64.0 Å². The highest BCUT2D eigenvalue weighted by atomic mass is 16.3. The summed E-state index contributed by atoms with van der Waals surface area (Å²) < 4.78 is 0. The minimum Gasteiger partial charge on any atom is -0.506 e. The fourth-order valence-corrected chi connectivity index (χ4v) is 5.21. The maximum absolute atomic E-state index is 11.3. The van der Waals surface area contributed by atoms with Gasteiger partial charge in [0, 0.05) is 13.5 Å². The molecule has 1 aliphatic carbocycles. The Labute approximate surface area is 170 Å². The molecule has 2 atom stereocenters. The van der Waals surface area contributed by atoms with E-state index >= 15 is 0 Å². The van der Waals surface area contributed by atoms with E-state index in [1.54, 1.807) is 0 Å². The molecule has 0 radical (unpaired) electrons. The Kier molecular flexibility index (Phi) is 7.03. The van der Waals surface area contributed by atoms with Crippen LogP contribution in [-0.2, 0) is 10.2 Å². The molecule has 1 amide bonds. The number of benzene rings is 1. The van der Waals surface area contributed by atoms with Crippen LogP contribution >= 0.6 is 0 Å². The summed E-state index contributed by atoms with van der Waals surface area (Å²) in [6, 6.07) is 5.75. The van der Waals surface area contributed by atoms with Crippen molar-refractivity contribution < 1.29 is 9.90 Å². The van der Waals surface area contributed by atoms with Crippen LogP contribution in [0, 0.1) is 11.8 Å². The van der Waals surface area contributed by atoms with E-state index in [-0.39, 0.29) is 17.1 Å². The summed E-state index contributed by atoms with van der Waals surface area (Å²) in [6.07, 6.45) is 11.1. The summed E-state index contributed by atoms with van der Waals surface area (Å²) in [4.78, 5) is 13.9. The number of likely N-dealkylation sites (tertiary alicyclic amines) is 1. The van der Waals surface area contributed by atoms with E-state index in [1.807, 2.05) is 12.1 Å². The van der Waals surface area contributed by atoms with Crippen LogP contribution in [0.3, 0.4) is 0 Å². The normalized spacial score (nSPS) is 26.9. The van der Waals surface area contributed by atoms with Crippen LogP contribution in [0.4, 0.5) is 5.69 Å². The second kappa shape index (κ2) is 9.30. The van der Waals surface area contributed by atoms with Gasteiger partial charge in [0.1, 0.15) is 5.75 Å². The van der Waals surface area contributed by atoms with Gasteiger partial charge in [0.05, 0.1) is 5.69 Å². The Morgan fingerprint density at radius 3 is 2.68 bits per heavy atom. The number of nitrogens with zero attached hydrogens (tertiary/aromatic N) is 1. The molecule has 1 aliphatic heterocycles. The van der Waals surface area contributed by atoms with E-state index in [0.29, 0.717) is 11.6 Å². The second-order valence-corrected chi connectivity index (χ2v) is 9.43. The van der Waals surface area contributed by atoms with Gasteiger partial charge in [-0.3, -0.25) is 4.79 Å². The lowest BCUT2D eigenvalue weighted by atomic mass is 9.68. The van der Waals surface area contributed by atoms with Gasteiger partial charge in [0.15, 0.2) is 0 Å².